The van der Waals surface area contributed by atoms with Gasteiger partial charge in [-0.3, -0.25) is 4.57 Å². The maximum atomic E-state index is 10.6. The average molecular weight is 501 g/mol. The lowest BCUT2D eigenvalue weighted by Gasteiger charge is -2.17. The van der Waals surface area contributed by atoms with Gasteiger partial charge in [0.2, 0.25) is 0 Å². The molecule has 5 aromatic rings. The summed E-state index contributed by atoms with van der Waals surface area (Å²) in [5.41, 5.74) is 3.40. The van der Waals surface area contributed by atoms with Gasteiger partial charge in [0.1, 0.15) is 24.0 Å². The number of aromatic nitrogens is 7. The van der Waals surface area contributed by atoms with Crippen molar-refractivity contribution in [2.24, 2.45) is 0 Å². The fourth-order valence-electron chi connectivity index (χ4n) is 4.31. The second kappa shape index (κ2) is 9.67. The molecule has 4 heterocycles. The number of imidazole rings is 1. The molecule has 4 atom stereocenters. The summed E-state index contributed by atoms with van der Waals surface area (Å²) in [6, 6.07) is 19.5. The molecule has 4 N–H and O–H groups in total. The highest BCUT2D eigenvalue weighted by Gasteiger charge is 2.44. The minimum atomic E-state index is -1.29. The third-order valence-corrected chi connectivity index (χ3v) is 6.27. The van der Waals surface area contributed by atoms with Gasteiger partial charge in [0.25, 0.3) is 5.95 Å². The number of aliphatic hydroxyl groups excluding tert-OH is 3. The van der Waals surface area contributed by atoms with Crippen LogP contribution in [0.1, 0.15) is 11.8 Å². The third-order valence-electron chi connectivity index (χ3n) is 6.27. The Bertz CT molecular complexity index is 1510. The Morgan fingerprint density at radius 3 is 2.43 bits per heavy atom. The highest BCUT2D eigenvalue weighted by atomic mass is 16.6. The molecule has 0 spiro atoms. The van der Waals surface area contributed by atoms with Gasteiger partial charge in [-0.25, -0.2) is 4.98 Å². The van der Waals surface area contributed by atoms with Gasteiger partial charge in [-0.15, -0.1) is 5.10 Å². The monoisotopic (exact) mass is 500 g/mol. The zero-order chi connectivity index (χ0) is 25.4. The molecule has 12 nitrogen and oxygen atoms in total. The van der Waals surface area contributed by atoms with Gasteiger partial charge in [0.05, 0.1) is 19.1 Å². The van der Waals surface area contributed by atoms with Gasteiger partial charge in [0.15, 0.2) is 23.2 Å². The molecular weight excluding hydrogens is 476 g/mol. The number of rotatable bonds is 7. The van der Waals surface area contributed by atoms with E-state index in [1.165, 1.54) is 15.6 Å². The SMILES string of the molecule is OC[C@H]1O[C@@H](n2cnc3c(NCc4ccccc4)nc(-n4cc(-c5ccccc5)nn4)nc32)[C@@H](O)C1O. The molecule has 0 saturated carbocycles. The molecule has 1 aliphatic rings. The molecule has 3 aromatic heterocycles. The highest BCUT2D eigenvalue weighted by molar-refractivity contribution is 5.83. The van der Waals surface area contributed by atoms with Crippen molar-refractivity contribution in [3.05, 3.63) is 78.8 Å². The Balaban J connectivity index is 1.42. The van der Waals surface area contributed by atoms with Crippen molar-refractivity contribution in [2.45, 2.75) is 31.1 Å². The second-order valence-electron chi connectivity index (χ2n) is 8.68. The number of nitrogens with one attached hydrogen (secondary N) is 1. The summed E-state index contributed by atoms with van der Waals surface area (Å²) in [5.74, 6) is 0.678. The minimum Gasteiger partial charge on any atom is -0.394 e. The number of anilines is 1. The van der Waals surface area contributed by atoms with Crippen molar-refractivity contribution in [1.29, 1.82) is 0 Å². The van der Waals surface area contributed by atoms with Crippen molar-refractivity contribution >= 4 is 17.0 Å². The van der Waals surface area contributed by atoms with Gasteiger partial charge < -0.3 is 25.4 Å². The molecule has 0 amide bonds. The van der Waals surface area contributed by atoms with Crippen LogP contribution in [0.3, 0.4) is 0 Å². The molecule has 1 fully saturated rings. The maximum Gasteiger partial charge on any atom is 0.256 e. The van der Waals surface area contributed by atoms with E-state index in [1.54, 1.807) is 6.20 Å². The predicted octanol–water partition coefficient (Wildman–Crippen LogP) is 1.30. The summed E-state index contributed by atoms with van der Waals surface area (Å²) in [7, 11) is 0. The van der Waals surface area contributed by atoms with Crippen molar-refractivity contribution in [1.82, 2.24) is 34.5 Å². The van der Waals surface area contributed by atoms with Crippen LogP contribution in [0.2, 0.25) is 0 Å². The van der Waals surface area contributed by atoms with E-state index >= 15 is 0 Å². The smallest absolute Gasteiger partial charge is 0.256 e. The normalized spacial score (nSPS) is 21.5. The van der Waals surface area contributed by atoms with Crippen LogP contribution in [0, 0.1) is 0 Å². The van der Waals surface area contributed by atoms with Crippen LogP contribution in [0.5, 0.6) is 0 Å². The first-order valence-electron chi connectivity index (χ1n) is 11.8. The van der Waals surface area contributed by atoms with E-state index in [1.807, 2.05) is 60.7 Å². The Kier molecular flexibility index (Phi) is 6.06. The average Bonchev–Trinajstić information content (AvgIpc) is 3.67. The fourth-order valence-corrected chi connectivity index (χ4v) is 4.31. The summed E-state index contributed by atoms with van der Waals surface area (Å²) >= 11 is 0. The van der Waals surface area contributed by atoms with E-state index < -0.39 is 31.1 Å². The second-order valence-corrected chi connectivity index (χ2v) is 8.68. The van der Waals surface area contributed by atoms with Crippen LogP contribution in [-0.2, 0) is 11.3 Å². The molecule has 1 saturated heterocycles. The molecule has 37 heavy (non-hydrogen) atoms. The van der Waals surface area contributed by atoms with Crippen LogP contribution < -0.4 is 5.32 Å². The zero-order valence-electron chi connectivity index (χ0n) is 19.5. The number of nitrogens with zero attached hydrogens (tertiary/aromatic N) is 7. The van der Waals surface area contributed by atoms with Crippen molar-refractivity contribution in [3.8, 4) is 17.2 Å². The summed E-state index contributed by atoms with van der Waals surface area (Å²) in [4.78, 5) is 13.8. The van der Waals surface area contributed by atoms with Crippen LogP contribution in [0.4, 0.5) is 5.82 Å². The Labute approximate surface area is 210 Å². The standard InChI is InChI=1S/C25H24N8O4/c34-13-18-20(35)21(36)24(37-18)32-14-27-19-22(26-11-15-7-3-1-4-8-15)28-25(29-23(19)32)33-12-17(30-31-33)16-9-5-2-6-10-16/h1-10,12,14,18,20-21,24,34-36H,11,13H2,(H,26,28,29)/t18-,20?,21+,24-/m1/s1. The maximum absolute atomic E-state index is 10.6. The van der Waals surface area contributed by atoms with E-state index in [2.05, 4.69) is 30.6 Å². The molecule has 0 radical (unpaired) electrons. The first kappa shape index (κ1) is 23.2. The zero-order valence-corrected chi connectivity index (χ0v) is 19.5. The number of fused-ring (bicyclic) bond motifs is 1. The van der Waals surface area contributed by atoms with Gasteiger partial charge >= 0.3 is 0 Å². The van der Waals surface area contributed by atoms with Gasteiger partial charge in [-0.1, -0.05) is 65.9 Å². The fraction of sp³-hybridized carbons (Fsp3) is 0.240. The summed E-state index contributed by atoms with van der Waals surface area (Å²) in [6.07, 6.45) is -1.29. The third kappa shape index (κ3) is 4.32. The van der Waals surface area contributed by atoms with Gasteiger partial charge in [0, 0.05) is 12.1 Å². The van der Waals surface area contributed by atoms with Crippen molar-refractivity contribution in [3.63, 3.8) is 0 Å². The highest BCUT2D eigenvalue weighted by Crippen LogP contribution is 2.33. The Morgan fingerprint density at radius 2 is 1.70 bits per heavy atom. The number of hydrogen-bond donors (Lipinski definition) is 4. The van der Waals surface area contributed by atoms with E-state index in [0.29, 0.717) is 29.2 Å². The summed E-state index contributed by atoms with van der Waals surface area (Å²) < 4.78 is 8.70. The van der Waals surface area contributed by atoms with E-state index in [-0.39, 0.29) is 5.95 Å². The quantitative estimate of drug-likeness (QED) is 0.257. The molecule has 1 aliphatic heterocycles. The largest absolute Gasteiger partial charge is 0.394 e. The number of aliphatic hydroxyl groups is 3. The molecule has 6 rings (SSSR count). The number of benzene rings is 2. The van der Waals surface area contributed by atoms with E-state index in [0.717, 1.165) is 11.1 Å². The summed E-state index contributed by atoms with van der Waals surface area (Å²) in [6.45, 7) is 0.0480. The van der Waals surface area contributed by atoms with Gasteiger partial charge in [-0.2, -0.15) is 14.6 Å². The lowest BCUT2D eigenvalue weighted by Crippen LogP contribution is -2.33. The van der Waals surface area contributed by atoms with Crippen LogP contribution in [0.15, 0.2) is 73.2 Å². The molecule has 12 heteroatoms. The molecule has 1 unspecified atom stereocenters. The Hall–Kier alpha value is -4.23. The minimum absolute atomic E-state index is 0.228. The molecular formula is C25H24N8O4. The molecule has 0 bridgehead atoms. The summed E-state index contributed by atoms with van der Waals surface area (Å²) in [5, 5.41) is 42.2. The predicted molar refractivity (Wildman–Crippen MR) is 132 cm³/mol. The van der Waals surface area contributed by atoms with Crippen LogP contribution in [-0.4, -0.2) is 74.8 Å². The first-order valence-corrected chi connectivity index (χ1v) is 11.8. The first-order chi connectivity index (χ1) is 18.1. The van der Waals surface area contributed by atoms with Crippen molar-refractivity contribution in [2.75, 3.05) is 11.9 Å². The van der Waals surface area contributed by atoms with E-state index in [9.17, 15) is 15.3 Å². The van der Waals surface area contributed by atoms with E-state index in [4.69, 9.17) is 4.74 Å². The number of hydrogen-bond acceptors (Lipinski definition) is 10. The molecule has 0 aliphatic carbocycles. The Morgan fingerprint density at radius 1 is 0.946 bits per heavy atom. The van der Waals surface area contributed by atoms with Crippen molar-refractivity contribution < 1.29 is 20.1 Å². The molecule has 2 aromatic carbocycles. The number of ether oxygens (including phenoxy) is 1. The van der Waals surface area contributed by atoms with Gasteiger partial charge in [-0.05, 0) is 5.56 Å². The lowest BCUT2D eigenvalue weighted by atomic mass is 10.1. The topological polar surface area (TPSA) is 156 Å². The lowest BCUT2D eigenvalue weighted by molar-refractivity contribution is -0.0511. The van der Waals surface area contributed by atoms with Crippen LogP contribution >= 0.6 is 0 Å². The molecule has 188 valence electrons. The van der Waals surface area contributed by atoms with Crippen LogP contribution in [0.25, 0.3) is 28.4 Å².